The van der Waals surface area contributed by atoms with Gasteiger partial charge in [0, 0.05) is 69.7 Å². The summed E-state index contributed by atoms with van der Waals surface area (Å²) >= 11 is 0. The van der Waals surface area contributed by atoms with Crippen molar-refractivity contribution in [2.45, 2.75) is 45.2 Å². The van der Waals surface area contributed by atoms with Crippen LogP contribution in [0, 0.1) is 11.8 Å². The first-order chi connectivity index (χ1) is 21.4. The van der Waals surface area contributed by atoms with E-state index in [1.54, 1.807) is 32.4 Å². The standard InChI is InChI=1S/C35H46N4O5/c1-24(2)38(34(40)27-11-15-32(43-4)33(19-27)44-17-7-16-42-3)22-28-20-36-21-29(28)23-39(31-13-14-31)35(41)37-30-12-10-25-8-5-6-9-26(25)18-30/h5-6,8-12,15,18-19,24,28-29,31,36H,7,13-14,16-17,20-23H2,1-4H3,(H,37,41)/t28-,29-/m0/s1. The SMILES string of the molecule is COCCCOc1cc(C(=O)N(C[C@@H]2CNC[C@H]2CN(C(=O)Nc2ccc3ccccc3c2)C2CC2)C(C)C)ccc1OC. The van der Waals surface area contributed by atoms with Crippen LogP contribution in [0.1, 0.15) is 43.5 Å². The van der Waals surface area contributed by atoms with Crippen molar-refractivity contribution in [1.82, 2.24) is 15.1 Å². The quantitative estimate of drug-likeness (QED) is 0.232. The lowest BCUT2D eigenvalue weighted by Gasteiger charge is -2.33. The highest BCUT2D eigenvalue weighted by Gasteiger charge is 2.38. The van der Waals surface area contributed by atoms with Gasteiger partial charge in [-0.05, 0) is 79.6 Å². The molecule has 1 aliphatic carbocycles. The summed E-state index contributed by atoms with van der Waals surface area (Å²) in [7, 11) is 3.26. The van der Waals surface area contributed by atoms with Crippen LogP contribution in [0.2, 0.25) is 0 Å². The maximum atomic E-state index is 13.9. The average molecular weight is 603 g/mol. The molecule has 9 heteroatoms. The number of rotatable bonds is 14. The Bertz CT molecular complexity index is 1430. The number of methoxy groups -OCH3 is 2. The molecular formula is C35H46N4O5. The molecule has 0 radical (unpaired) electrons. The summed E-state index contributed by atoms with van der Waals surface area (Å²) in [5.41, 5.74) is 1.37. The van der Waals surface area contributed by atoms with Gasteiger partial charge in [-0.3, -0.25) is 4.79 Å². The summed E-state index contributed by atoms with van der Waals surface area (Å²) in [6.45, 7) is 8.06. The Hall–Kier alpha value is -3.82. The Morgan fingerprint density at radius 1 is 0.909 bits per heavy atom. The van der Waals surface area contributed by atoms with Crippen LogP contribution in [0.4, 0.5) is 10.5 Å². The molecule has 3 aromatic carbocycles. The van der Waals surface area contributed by atoms with Crippen LogP contribution < -0.4 is 20.1 Å². The molecule has 2 fully saturated rings. The van der Waals surface area contributed by atoms with Gasteiger partial charge < -0.3 is 34.6 Å². The lowest BCUT2D eigenvalue weighted by molar-refractivity contribution is 0.0653. The van der Waals surface area contributed by atoms with Crippen molar-refractivity contribution < 1.29 is 23.8 Å². The molecule has 0 aromatic heterocycles. The Morgan fingerprint density at radius 2 is 1.66 bits per heavy atom. The zero-order chi connectivity index (χ0) is 31.1. The highest BCUT2D eigenvalue weighted by molar-refractivity contribution is 5.95. The normalized spacial score (nSPS) is 17.9. The summed E-state index contributed by atoms with van der Waals surface area (Å²) in [6, 6.07) is 19.8. The Balaban J connectivity index is 1.25. The van der Waals surface area contributed by atoms with Gasteiger partial charge in [-0.15, -0.1) is 0 Å². The van der Waals surface area contributed by atoms with Gasteiger partial charge in [-0.2, -0.15) is 0 Å². The van der Waals surface area contributed by atoms with Gasteiger partial charge >= 0.3 is 6.03 Å². The van der Waals surface area contributed by atoms with Crippen LogP contribution in [0.15, 0.2) is 60.7 Å². The van der Waals surface area contributed by atoms with Crippen LogP contribution in [0.5, 0.6) is 11.5 Å². The predicted octanol–water partition coefficient (Wildman–Crippen LogP) is 5.65. The average Bonchev–Trinajstić information content (AvgIpc) is 3.78. The molecule has 9 nitrogen and oxygen atoms in total. The second-order valence-electron chi connectivity index (χ2n) is 12.2. The van der Waals surface area contributed by atoms with Crippen molar-refractivity contribution in [2.75, 3.05) is 58.9 Å². The van der Waals surface area contributed by atoms with Gasteiger partial charge in [0.2, 0.25) is 0 Å². The summed E-state index contributed by atoms with van der Waals surface area (Å²) in [5, 5.41) is 8.93. The highest BCUT2D eigenvalue weighted by atomic mass is 16.5. The molecule has 44 heavy (non-hydrogen) atoms. The Kier molecular flexibility index (Phi) is 10.6. The van der Waals surface area contributed by atoms with E-state index in [9.17, 15) is 9.59 Å². The fraction of sp³-hybridized carbons (Fsp3) is 0.486. The van der Waals surface area contributed by atoms with Crippen LogP contribution in [0.25, 0.3) is 10.8 Å². The molecule has 0 bridgehead atoms. The molecule has 2 aliphatic rings. The number of carbonyl (C=O) groups is 2. The Morgan fingerprint density at radius 3 is 2.36 bits per heavy atom. The summed E-state index contributed by atoms with van der Waals surface area (Å²) in [4.78, 5) is 31.4. The molecule has 1 heterocycles. The molecule has 5 rings (SSSR count). The van der Waals surface area contributed by atoms with Crippen molar-refractivity contribution >= 4 is 28.4 Å². The molecular weight excluding hydrogens is 556 g/mol. The topological polar surface area (TPSA) is 92.4 Å². The van der Waals surface area contributed by atoms with Crippen molar-refractivity contribution in [3.05, 3.63) is 66.2 Å². The number of fused-ring (bicyclic) bond motifs is 1. The van der Waals surface area contributed by atoms with E-state index < -0.39 is 0 Å². The first kappa shape index (κ1) is 31.6. The summed E-state index contributed by atoms with van der Waals surface area (Å²) in [6.07, 6.45) is 2.80. The minimum Gasteiger partial charge on any atom is -0.493 e. The fourth-order valence-electron chi connectivity index (χ4n) is 5.97. The zero-order valence-electron chi connectivity index (χ0n) is 26.4. The van der Waals surface area contributed by atoms with E-state index >= 15 is 0 Å². The molecule has 1 saturated heterocycles. The second-order valence-corrected chi connectivity index (χ2v) is 12.2. The lowest BCUT2D eigenvalue weighted by Crippen LogP contribution is -2.45. The maximum absolute atomic E-state index is 13.9. The predicted molar refractivity (Wildman–Crippen MR) is 174 cm³/mol. The van der Waals surface area contributed by atoms with Gasteiger partial charge in [0.05, 0.1) is 13.7 Å². The van der Waals surface area contributed by atoms with E-state index in [-0.39, 0.29) is 35.9 Å². The van der Waals surface area contributed by atoms with E-state index in [2.05, 4.69) is 36.6 Å². The van der Waals surface area contributed by atoms with Gasteiger partial charge in [0.15, 0.2) is 11.5 Å². The number of nitrogens with one attached hydrogen (secondary N) is 2. The van der Waals surface area contributed by atoms with E-state index in [0.717, 1.165) is 48.8 Å². The number of urea groups is 1. The third-order valence-electron chi connectivity index (χ3n) is 8.64. The van der Waals surface area contributed by atoms with Crippen molar-refractivity contribution in [3.63, 3.8) is 0 Å². The number of hydrogen-bond donors (Lipinski definition) is 2. The van der Waals surface area contributed by atoms with Gasteiger partial charge in [-0.25, -0.2) is 4.79 Å². The van der Waals surface area contributed by atoms with Crippen LogP contribution in [0.3, 0.4) is 0 Å². The molecule has 0 unspecified atom stereocenters. The van der Waals surface area contributed by atoms with Gasteiger partial charge in [0.25, 0.3) is 5.91 Å². The van der Waals surface area contributed by atoms with E-state index in [4.69, 9.17) is 14.2 Å². The first-order valence-corrected chi connectivity index (χ1v) is 15.8. The number of carbonyl (C=O) groups excluding carboxylic acids is 2. The first-order valence-electron chi connectivity index (χ1n) is 15.8. The summed E-state index contributed by atoms with van der Waals surface area (Å²) in [5.74, 6) is 1.57. The number of anilines is 1. The van der Waals surface area contributed by atoms with Gasteiger partial charge in [0.1, 0.15) is 0 Å². The maximum Gasteiger partial charge on any atom is 0.322 e. The third kappa shape index (κ3) is 7.81. The van der Waals surface area contributed by atoms with Crippen LogP contribution in [-0.4, -0.2) is 87.4 Å². The van der Waals surface area contributed by atoms with Gasteiger partial charge in [-0.1, -0.05) is 30.3 Å². The third-order valence-corrected chi connectivity index (χ3v) is 8.64. The van der Waals surface area contributed by atoms with Crippen LogP contribution in [-0.2, 0) is 4.74 Å². The number of amides is 3. The van der Waals surface area contributed by atoms with E-state index in [0.29, 0.717) is 43.4 Å². The lowest BCUT2D eigenvalue weighted by atomic mass is 9.94. The minimum atomic E-state index is -0.0542. The minimum absolute atomic E-state index is 0.00709. The van der Waals surface area contributed by atoms with Crippen LogP contribution >= 0.6 is 0 Å². The highest BCUT2D eigenvalue weighted by Crippen LogP contribution is 2.32. The smallest absolute Gasteiger partial charge is 0.322 e. The molecule has 1 saturated carbocycles. The Labute approximate surface area is 260 Å². The number of benzene rings is 3. The number of ether oxygens (including phenoxy) is 3. The zero-order valence-corrected chi connectivity index (χ0v) is 26.4. The summed E-state index contributed by atoms with van der Waals surface area (Å²) < 4.78 is 16.5. The molecule has 2 N–H and O–H groups in total. The van der Waals surface area contributed by atoms with E-state index in [1.165, 1.54) is 0 Å². The second kappa shape index (κ2) is 14.8. The molecule has 3 aromatic rings. The van der Waals surface area contributed by atoms with Crippen molar-refractivity contribution in [3.8, 4) is 11.5 Å². The molecule has 0 spiro atoms. The molecule has 236 valence electrons. The fourth-order valence-corrected chi connectivity index (χ4v) is 5.97. The number of hydrogen-bond acceptors (Lipinski definition) is 6. The molecule has 2 atom stereocenters. The van der Waals surface area contributed by atoms with Crippen molar-refractivity contribution in [2.24, 2.45) is 11.8 Å². The largest absolute Gasteiger partial charge is 0.493 e. The van der Waals surface area contributed by atoms with E-state index in [1.807, 2.05) is 40.1 Å². The van der Waals surface area contributed by atoms with Crippen molar-refractivity contribution in [1.29, 1.82) is 0 Å². The number of nitrogens with zero attached hydrogens (tertiary/aromatic N) is 2. The molecule has 3 amide bonds. The monoisotopic (exact) mass is 602 g/mol. The molecule has 1 aliphatic heterocycles.